The minimum atomic E-state index is 0.698. The van der Waals surface area contributed by atoms with Crippen LogP contribution in [0.15, 0.2) is 0 Å². The van der Waals surface area contributed by atoms with Gasteiger partial charge in [0.15, 0.2) is 0 Å². The van der Waals surface area contributed by atoms with Crippen molar-refractivity contribution in [1.82, 2.24) is 10.2 Å². The van der Waals surface area contributed by atoms with Gasteiger partial charge >= 0.3 is 0 Å². The molecule has 0 aliphatic carbocycles. The first kappa shape index (κ1) is 15.9. The second-order valence-electron chi connectivity index (χ2n) is 5.20. The third-order valence-electron chi connectivity index (χ3n) is 3.53. The molecule has 1 aliphatic heterocycles. The molecule has 108 valence electrons. The molecule has 0 bridgehead atoms. The number of rotatable bonds is 10. The van der Waals surface area contributed by atoms with Crippen LogP contribution in [0.2, 0.25) is 0 Å². The zero-order chi connectivity index (χ0) is 13.1. The minimum Gasteiger partial charge on any atom is -0.382 e. The molecule has 1 atom stereocenters. The molecular formula is C14H30N2O2. The van der Waals surface area contributed by atoms with E-state index in [0.717, 1.165) is 25.6 Å². The Kier molecular flexibility index (Phi) is 9.48. The smallest absolute Gasteiger partial charge is 0.0700 e. The van der Waals surface area contributed by atoms with Crippen molar-refractivity contribution in [3.8, 4) is 0 Å². The standard InChI is InChI=1S/C14H30N2O2/c1-16(9-5-11-18-13-12-17-2)10-7-14-6-3-4-8-15-14/h14-15H,3-13H2,1-2H3. The predicted molar refractivity (Wildman–Crippen MR) is 75.1 cm³/mol. The van der Waals surface area contributed by atoms with E-state index in [2.05, 4.69) is 17.3 Å². The van der Waals surface area contributed by atoms with E-state index in [1.165, 1.54) is 38.8 Å². The van der Waals surface area contributed by atoms with Crippen molar-refractivity contribution < 1.29 is 9.47 Å². The Morgan fingerprint density at radius 2 is 2.06 bits per heavy atom. The summed E-state index contributed by atoms with van der Waals surface area (Å²) in [6.07, 6.45) is 6.49. The molecule has 1 fully saturated rings. The number of piperidine rings is 1. The van der Waals surface area contributed by atoms with Crippen molar-refractivity contribution in [3.63, 3.8) is 0 Å². The van der Waals surface area contributed by atoms with Gasteiger partial charge in [-0.15, -0.1) is 0 Å². The van der Waals surface area contributed by atoms with E-state index in [1.54, 1.807) is 7.11 Å². The average Bonchev–Trinajstić information content (AvgIpc) is 2.41. The Bertz CT molecular complexity index is 185. The average molecular weight is 258 g/mol. The number of nitrogens with one attached hydrogen (secondary N) is 1. The van der Waals surface area contributed by atoms with E-state index in [0.29, 0.717) is 13.2 Å². The van der Waals surface area contributed by atoms with Crippen molar-refractivity contribution in [1.29, 1.82) is 0 Å². The molecule has 1 N–H and O–H groups in total. The highest BCUT2D eigenvalue weighted by Gasteiger charge is 2.12. The van der Waals surface area contributed by atoms with Crippen molar-refractivity contribution >= 4 is 0 Å². The maximum Gasteiger partial charge on any atom is 0.0700 e. The third kappa shape index (κ3) is 8.03. The summed E-state index contributed by atoms with van der Waals surface area (Å²) >= 11 is 0. The summed E-state index contributed by atoms with van der Waals surface area (Å²) in [6, 6.07) is 0.749. The van der Waals surface area contributed by atoms with Crippen LogP contribution in [0, 0.1) is 0 Å². The second kappa shape index (κ2) is 10.7. The highest BCUT2D eigenvalue weighted by Crippen LogP contribution is 2.10. The van der Waals surface area contributed by atoms with Crippen LogP contribution in [0.4, 0.5) is 0 Å². The summed E-state index contributed by atoms with van der Waals surface area (Å²) < 4.78 is 10.4. The number of hydrogen-bond acceptors (Lipinski definition) is 4. The summed E-state index contributed by atoms with van der Waals surface area (Å²) in [6.45, 7) is 5.78. The van der Waals surface area contributed by atoms with Gasteiger partial charge in [0.1, 0.15) is 0 Å². The first-order valence-electron chi connectivity index (χ1n) is 7.31. The van der Waals surface area contributed by atoms with Gasteiger partial charge in [-0.1, -0.05) is 6.42 Å². The molecule has 0 aromatic carbocycles. The lowest BCUT2D eigenvalue weighted by atomic mass is 10.0. The van der Waals surface area contributed by atoms with Crippen molar-refractivity contribution in [2.45, 2.75) is 38.1 Å². The lowest BCUT2D eigenvalue weighted by molar-refractivity contribution is 0.0661. The van der Waals surface area contributed by atoms with E-state index in [-0.39, 0.29) is 0 Å². The first-order valence-corrected chi connectivity index (χ1v) is 7.31. The van der Waals surface area contributed by atoms with Gasteiger partial charge in [-0.3, -0.25) is 0 Å². The van der Waals surface area contributed by atoms with Gasteiger partial charge in [-0.25, -0.2) is 0 Å². The molecule has 4 heteroatoms. The van der Waals surface area contributed by atoms with Crippen molar-refractivity contribution in [2.75, 3.05) is 53.6 Å². The quantitative estimate of drug-likeness (QED) is 0.602. The highest BCUT2D eigenvalue weighted by atomic mass is 16.5. The van der Waals surface area contributed by atoms with Gasteiger partial charge in [-0.05, 0) is 45.8 Å². The number of hydrogen-bond donors (Lipinski definition) is 1. The van der Waals surface area contributed by atoms with Gasteiger partial charge in [0.2, 0.25) is 0 Å². The third-order valence-corrected chi connectivity index (χ3v) is 3.53. The normalized spacial score (nSPS) is 20.5. The molecule has 0 saturated carbocycles. The highest BCUT2D eigenvalue weighted by molar-refractivity contribution is 4.73. The summed E-state index contributed by atoms with van der Waals surface area (Å²) in [5.41, 5.74) is 0. The van der Waals surface area contributed by atoms with Crippen LogP contribution < -0.4 is 5.32 Å². The Morgan fingerprint density at radius 1 is 1.17 bits per heavy atom. The Balaban J connectivity index is 1.88. The second-order valence-corrected chi connectivity index (χ2v) is 5.20. The first-order chi connectivity index (χ1) is 8.83. The zero-order valence-corrected chi connectivity index (χ0v) is 12.1. The molecule has 0 spiro atoms. The van der Waals surface area contributed by atoms with Crippen LogP contribution in [0.3, 0.4) is 0 Å². The number of ether oxygens (including phenoxy) is 2. The van der Waals surface area contributed by atoms with Crippen LogP contribution in [0.1, 0.15) is 32.1 Å². The molecule has 4 nitrogen and oxygen atoms in total. The van der Waals surface area contributed by atoms with Crippen LogP contribution in [0.5, 0.6) is 0 Å². The molecular weight excluding hydrogens is 228 g/mol. The molecule has 18 heavy (non-hydrogen) atoms. The van der Waals surface area contributed by atoms with Gasteiger partial charge in [0.25, 0.3) is 0 Å². The fourth-order valence-corrected chi connectivity index (χ4v) is 2.34. The monoisotopic (exact) mass is 258 g/mol. The molecule has 1 unspecified atom stereocenters. The molecule has 1 aliphatic rings. The Labute approximate surface area is 112 Å². The SMILES string of the molecule is COCCOCCCN(C)CCC1CCCCN1. The molecule has 0 aromatic heterocycles. The van der Waals surface area contributed by atoms with E-state index >= 15 is 0 Å². The minimum absolute atomic E-state index is 0.698. The maximum absolute atomic E-state index is 5.45. The molecule has 0 amide bonds. The van der Waals surface area contributed by atoms with Crippen molar-refractivity contribution in [3.05, 3.63) is 0 Å². The number of nitrogens with zero attached hydrogens (tertiary/aromatic N) is 1. The van der Waals surface area contributed by atoms with Gasteiger partial charge in [0.05, 0.1) is 13.2 Å². The van der Waals surface area contributed by atoms with Gasteiger partial charge in [-0.2, -0.15) is 0 Å². The van der Waals surface area contributed by atoms with Crippen LogP contribution >= 0.6 is 0 Å². The molecule has 1 heterocycles. The van der Waals surface area contributed by atoms with E-state index < -0.39 is 0 Å². The lowest BCUT2D eigenvalue weighted by Gasteiger charge is -2.25. The summed E-state index contributed by atoms with van der Waals surface area (Å²) in [5, 5.41) is 3.60. The largest absolute Gasteiger partial charge is 0.382 e. The summed E-state index contributed by atoms with van der Waals surface area (Å²) in [7, 11) is 3.91. The predicted octanol–water partition coefficient (Wildman–Crippen LogP) is 1.50. The zero-order valence-electron chi connectivity index (χ0n) is 12.1. The summed E-state index contributed by atoms with van der Waals surface area (Å²) in [5.74, 6) is 0. The van der Waals surface area contributed by atoms with Crippen LogP contribution in [0.25, 0.3) is 0 Å². The fraction of sp³-hybridized carbons (Fsp3) is 1.00. The van der Waals surface area contributed by atoms with E-state index in [4.69, 9.17) is 9.47 Å². The van der Waals surface area contributed by atoms with Crippen LogP contribution in [-0.4, -0.2) is 64.6 Å². The topological polar surface area (TPSA) is 33.7 Å². The van der Waals surface area contributed by atoms with Crippen molar-refractivity contribution in [2.24, 2.45) is 0 Å². The fourth-order valence-electron chi connectivity index (χ4n) is 2.34. The van der Waals surface area contributed by atoms with Gasteiger partial charge in [0, 0.05) is 26.3 Å². The van der Waals surface area contributed by atoms with E-state index in [1.807, 2.05) is 0 Å². The maximum atomic E-state index is 5.45. The molecule has 0 aromatic rings. The van der Waals surface area contributed by atoms with Gasteiger partial charge < -0.3 is 19.7 Å². The molecule has 1 rings (SSSR count). The molecule has 0 radical (unpaired) electrons. The number of methoxy groups -OCH3 is 1. The summed E-state index contributed by atoms with van der Waals surface area (Å²) in [4.78, 5) is 2.41. The molecule has 1 saturated heterocycles. The lowest BCUT2D eigenvalue weighted by Crippen LogP contribution is -2.37. The van der Waals surface area contributed by atoms with E-state index in [9.17, 15) is 0 Å². The van der Waals surface area contributed by atoms with Crippen LogP contribution in [-0.2, 0) is 9.47 Å². The Morgan fingerprint density at radius 3 is 2.78 bits per heavy atom. The Hall–Kier alpha value is -0.160.